The van der Waals surface area contributed by atoms with Gasteiger partial charge < -0.3 is 15.5 Å². The van der Waals surface area contributed by atoms with Gasteiger partial charge in [-0.15, -0.1) is 0 Å². The van der Waals surface area contributed by atoms with E-state index < -0.39 is 6.10 Å². The Hall–Kier alpha value is -0.610. The van der Waals surface area contributed by atoms with E-state index in [9.17, 15) is 5.11 Å². The Balaban J connectivity index is 2.66. The molecule has 0 heterocycles. The normalized spacial score (nSPS) is 16.8. The lowest BCUT2D eigenvalue weighted by atomic mass is 10.0. The molecule has 0 fully saturated rings. The second-order valence-corrected chi connectivity index (χ2v) is 4.48. The van der Waals surface area contributed by atoms with E-state index in [1.807, 2.05) is 26.0 Å². The Labute approximate surface area is 101 Å². The van der Waals surface area contributed by atoms with Crippen molar-refractivity contribution in [3.05, 3.63) is 34.9 Å². The molecule has 1 rings (SSSR count). The van der Waals surface area contributed by atoms with Gasteiger partial charge >= 0.3 is 0 Å². The SMILES string of the molecule is CC(CO)N[C@H](C)[C@@H](O)c1cccc(Cl)c1. The number of hydrogen-bond donors (Lipinski definition) is 3. The van der Waals surface area contributed by atoms with Gasteiger partial charge in [-0.3, -0.25) is 0 Å². The topological polar surface area (TPSA) is 52.5 Å². The van der Waals surface area contributed by atoms with Crippen LogP contribution in [0.1, 0.15) is 25.5 Å². The first kappa shape index (κ1) is 13.5. The Morgan fingerprint density at radius 3 is 2.62 bits per heavy atom. The molecule has 16 heavy (non-hydrogen) atoms. The Kier molecular flexibility index (Phi) is 5.22. The molecule has 90 valence electrons. The third-order valence-electron chi connectivity index (χ3n) is 2.49. The molecule has 0 aliphatic carbocycles. The number of halogens is 1. The number of aliphatic hydroxyl groups is 2. The summed E-state index contributed by atoms with van der Waals surface area (Å²) in [5, 5.41) is 22.7. The third kappa shape index (κ3) is 3.76. The Morgan fingerprint density at radius 2 is 2.06 bits per heavy atom. The minimum Gasteiger partial charge on any atom is -0.395 e. The highest BCUT2D eigenvalue weighted by Gasteiger charge is 2.17. The molecule has 0 saturated heterocycles. The number of nitrogens with one attached hydrogen (secondary N) is 1. The fourth-order valence-corrected chi connectivity index (χ4v) is 1.77. The zero-order valence-corrected chi connectivity index (χ0v) is 10.3. The standard InChI is InChI=1S/C12H18ClNO2/c1-8(7-15)14-9(2)12(16)10-4-3-5-11(13)6-10/h3-6,8-9,12,14-16H,7H2,1-2H3/t8?,9-,12-/m1/s1. The molecule has 0 aliphatic heterocycles. The fraction of sp³-hybridized carbons (Fsp3) is 0.500. The van der Waals surface area contributed by atoms with E-state index in [0.29, 0.717) is 5.02 Å². The summed E-state index contributed by atoms with van der Waals surface area (Å²) in [5.41, 5.74) is 0.776. The smallest absolute Gasteiger partial charge is 0.0940 e. The van der Waals surface area contributed by atoms with E-state index in [2.05, 4.69) is 5.32 Å². The second-order valence-electron chi connectivity index (χ2n) is 4.04. The molecule has 0 amide bonds. The van der Waals surface area contributed by atoms with Crippen LogP contribution >= 0.6 is 11.6 Å². The van der Waals surface area contributed by atoms with Crippen molar-refractivity contribution >= 4 is 11.6 Å². The highest BCUT2D eigenvalue weighted by Crippen LogP contribution is 2.20. The number of hydrogen-bond acceptors (Lipinski definition) is 3. The van der Waals surface area contributed by atoms with E-state index in [4.69, 9.17) is 16.7 Å². The van der Waals surface area contributed by atoms with Crippen molar-refractivity contribution in [2.75, 3.05) is 6.61 Å². The fourth-order valence-electron chi connectivity index (χ4n) is 1.57. The summed E-state index contributed by atoms with van der Waals surface area (Å²) in [6.45, 7) is 3.78. The summed E-state index contributed by atoms with van der Waals surface area (Å²) in [6, 6.07) is 6.98. The molecule has 0 radical (unpaired) electrons. The predicted molar refractivity (Wildman–Crippen MR) is 65.6 cm³/mol. The number of rotatable bonds is 5. The minimum atomic E-state index is -0.632. The van der Waals surface area contributed by atoms with E-state index in [1.54, 1.807) is 12.1 Å². The molecule has 1 unspecified atom stereocenters. The molecule has 3 nitrogen and oxygen atoms in total. The van der Waals surface area contributed by atoms with Crippen LogP contribution < -0.4 is 5.32 Å². The van der Waals surface area contributed by atoms with Crippen LogP contribution in [0.3, 0.4) is 0 Å². The summed E-state index contributed by atoms with van der Waals surface area (Å²) >= 11 is 5.86. The van der Waals surface area contributed by atoms with Crippen molar-refractivity contribution in [2.45, 2.75) is 32.0 Å². The monoisotopic (exact) mass is 243 g/mol. The van der Waals surface area contributed by atoms with Crippen LogP contribution in [0.25, 0.3) is 0 Å². The van der Waals surface area contributed by atoms with Gasteiger partial charge in [0.25, 0.3) is 0 Å². The molecular formula is C12H18ClNO2. The van der Waals surface area contributed by atoms with Crippen molar-refractivity contribution in [3.8, 4) is 0 Å². The first-order valence-electron chi connectivity index (χ1n) is 5.35. The van der Waals surface area contributed by atoms with Crippen LogP contribution in [-0.2, 0) is 0 Å². The van der Waals surface area contributed by atoms with Gasteiger partial charge in [0.1, 0.15) is 0 Å². The summed E-state index contributed by atoms with van der Waals surface area (Å²) in [6.07, 6.45) is -0.632. The highest BCUT2D eigenvalue weighted by atomic mass is 35.5. The van der Waals surface area contributed by atoms with Gasteiger partial charge in [0, 0.05) is 17.1 Å². The molecule has 0 spiro atoms. The molecular weight excluding hydrogens is 226 g/mol. The van der Waals surface area contributed by atoms with Crippen LogP contribution in [0.2, 0.25) is 5.02 Å². The average molecular weight is 244 g/mol. The van der Waals surface area contributed by atoms with Crippen LogP contribution in [-0.4, -0.2) is 28.9 Å². The van der Waals surface area contributed by atoms with E-state index >= 15 is 0 Å². The molecule has 0 bridgehead atoms. The van der Waals surface area contributed by atoms with Gasteiger partial charge in [-0.1, -0.05) is 23.7 Å². The predicted octanol–water partition coefficient (Wildman–Crippen LogP) is 1.73. The maximum atomic E-state index is 10.1. The average Bonchev–Trinajstić information content (AvgIpc) is 2.27. The maximum absolute atomic E-state index is 10.1. The lowest BCUT2D eigenvalue weighted by Gasteiger charge is -2.23. The summed E-state index contributed by atoms with van der Waals surface area (Å²) < 4.78 is 0. The summed E-state index contributed by atoms with van der Waals surface area (Å²) in [5.74, 6) is 0. The Bertz CT molecular complexity index is 333. The molecule has 0 saturated carbocycles. The summed E-state index contributed by atoms with van der Waals surface area (Å²) in [4.78, 5) is 0. The van der Waals surface area contributed by atoms with Gasteiger partial charge in [-0.2, -0.15) is 0 Å². The van der Waals surface area contributed by atoms with Crippen molar-refractivity contribution in [1.82, 2.24) is 5.32 Å². The lowest BCUT2D eigenvalue weighted by Crippen LogP contribution is -2.40. The quantitative estimate of drug-likeness (QED) is 0.738. The van der Waals surface area contributed by atoms with Gasteiger partial charge in [-0.25, -0.2) is 0 Å². The third-order valence-corrected chi connectivity index (χ3v) is 2.72. The van der Waals surface area contributed by atoms with Gasteiger partial charge in [-0.05, 0) is 31.5 Å². The zero-order valence-electron chi connectivity index (χ0n) is 9.52. The van der Waals surface area contributed by atoms with Crippen LogP contribution in [0, 0.1) is 0 Å². The Morgan fingerprint density at radius 1 is 1.38 bits per heavy atom. The maximum Gasteiger partial charge on any atom is 0.0940 e. The van der Waals surface area contributed by atoms with E-state index in [1.165, 1.54) is 0 Å². The molecule has 1 aromatic carbocycles. The molecule has 1 aromatic rings. The van der Waals surface area contributed by atoms with Crippen LogP contribution in [0.4, 0.5) is 0 Å². The molecule has 0 aliphatic rings. The van der Waals surface area contributed by atoms with Crippen molar-refractivity contribution in [2.24, 2.45) is 0 Å². The van der Waals surface area contributed by atoms with E-state index in [0.717, 1.165) is 5.56 Å². The van der Waals surface area contributed by atoms with Gasteiger partial charge in [0.15, 0.2) is 0 Å². The van der Waals surface area contributed by atoms with E-state index in [-0.39, 0.29) is 18.7 Å². The minimum absolute atomic E-state index is 0.0381. The molecule has 0 aromatic heterocycles. The van der Waals surface area contributed by atoms with Crippen molar-refractivity contribution < 1.29 is 10.2 Å². The zero-order chi connectivity index (χ0) is 12.1. The molecule has 4 heteroatoms. The van der Waals surface area contributed by atoms with Gasteiger partial charge in [0.2, 0.25) is 0 Å². The van der Waals surface area contributed by atoms with Crippen LogP contribution in [0.15, 0.2) is 24.3 Å². The highest BCUT2D eigenvalue weighted by molar-refractivity contribution is 6.30. The first-order chi connectivity index (χ1) is 7.54. The number of benzene rings is 1. The number of aliphatic hydroxyl groups excluding tert-OH is 2. The van der Waals surface area contributed by atoms with Crippen LogP contribution in [0.5, 0.6) is 0 Å². The molecule has 3 atom stereocenters. The largest absolute Gasteiger partial charge is 0.395 e. The van der Waals surface area contributed by atoms with Crippen molar-refractivity contribution in [3.63, 3.8) is 0 Å². The van der Waals surface area contributed by atoms with Crippen molar-refractivity contribution in [1.29, 1.82) is 0 Å². The summed E-state index contributed by atoms with van der Waals surface area (Å²) in [7, 11) is 0. The first-order valence-corrected chi connectivity index (χ1v) is 5.73. The van der Waals surface area contributed by atoms with Gasteiger partial charge in [0.05, 0.1) is 12.7 Å². The second kappa shape index (κ2) is 6.21. The molecule has 3 N–H and O–H groups in total. The lowest BCUT2D eigenvalue weighted by molar-refractivity contribution is 0.122.